The third-order valence-electron chi connectivity index (χ3n) is 6.03. The molecule has 0 aromatic heterocycles. The molecule has 0 unspecified atom stereocenters. The minimum absolute atomic E-state index is 0.0805. The first-order valence-electron chi connectivity index (χ1n) is 12.2. The lowest BCUT2D eigenvalue weighted by Gasteiger charge is -2.37. The number of esters is 1. The zero-order chi connectivity index (χ0) is 24.6. The molecule has 0 saturated heterocycles. The van der Waals surface area contributed by atoms with Gasteiger partial charge >= 0.3 is 11.9 Å². The first-order valence-corrected chi connectivity index (χ1v) is 12.2. The standard InChI is InChI=1S/C27H45NO4/c1-11-23(13-14-26(30)31-12-2)28(32-21(10)29)20(9)27-24(18(5)6)15-22(17(3)4)16-25(27)19(7)8/h15-20,23H,11-14H2,1-10H3/t20-,23-/m1/s1. The average Bonchev–Trinajstić information content (AvgIpc) is 2.71. The Kier molecular flexibility index (Phi) is 11.4. The predicted molar refractivity (Wildman–Crippen MR) is 131 cm³/mol. The Labute approximate surface area is 195 Å². The van der Waals surface area contributed by atoms with Gasteiger partial charge in [-0.05, 0) is 66.7 Å². The summed E-state index contributed by atoms with van der Waals surface area (Å²) in [6, 6.07) is 4.42. The fraction of sp³-hybridized carbons (Fsp3) is 0.704. The van der Waals surface area contributed by atoms with Gasteiger partial charge < -0.3 is 9.57 Å². The largest absolute Gasteiger partial charge is 0.466 e. The highest BCUT2D eigenvalue weighted by atomic mass is 16.7. The summed E-state index contributed by atoms with van der Waals surface area (Å²) in [4.78, 5) is 29.9. The van der Waals surface area contributed by atoms with Crippen LogP contribution in [0.5, 0.6) is 0 Å². The summed E-state index contributed by atoms with van der Waals surface area (Å²) in [6.07, 6.45) is 1.64. The van der Waals surface area contributed by atoms with Gasteiger partial charge in [0, 0.05) is 19.4 Å². The predicted octanol–water partition coefficient (Wildman–Crippen LogP) is 7.02. The van der Waals surface area contributed by atoms with Crippen molar-refractivity contribution in [3.05, 3.63) is 34.4 Å². The van der Waals surface area contributed by atoms with Gasteiger partial charge in [0.1, 0.15) is 0 Å². The van der Waals surface area contributed by atoms with Crippen molar-refractivity contribution in [3.8, 4) is 0 Å². The van der Waals surface area contributed by atoms with Crippen LogP contribution < -0.4 is 0 Å². The summed E-state index contributed by atoms with van der Waals surface area (Å²) in [5.74, 6) is 0.549. The Morgan fingerprint density at radius 2 is 1.44 bits per heavy atom. The molecule has 2 atom stereocenters. The highest BCUT2D eigenvalue weighted by Gasteiger charge is 2.31. The van der Waals surface area contributed by atoms with E-state index in [1.807, 2.05) is 12.0 Å². The van der Waals surface area contributed by atoms with Crippen molar-refractivity contribution in [1.82, 2.24) is 5.06 Å². The Morgan fingerprint density at radius 1 is 0.906 bits per heavy atom. The molecule has 5 nitrogen and oxygen atoms in total. The van der Waals surface area contributed by atoms with E-state index in [0.29, 0.717) is 37.2 Å². The number of carbonyl (C=O) groups is 2. The smallest absolute Gasteiger partial charge is 0.322 e. The molecule has 32 heavy (non-hydrogen) atoms. The van der Waals surface area contributed by atoms with Crippen LogP contribution in [-0.2, 0) is 19.2 Å². The van der Waals surface area contributed by atoms with Crippen molar-refractivity contribution in [2.24, 2.45) is 0 Å². The van der Waals surface area contributed by atoms with Crippen LogP contribution in [0.15, 0.2) is 12.1 Å². The van der Waals surface area contributed by atoms with Crippen LogP contribution in [0.25, 0.3) is 0 Å². The maximum Gasteiger partial charge on any atom is 0.322 e. The van der Waals surface area contributed by atoms with E-state index in [-0.39, 0.29) is 24.0 Å². The van der Waals surface area contributed by atoms with E-state index in [0.717, 1.165) is 6.42 Å². The zero-order valence-corrected chi connectivity index (χ0v) is 22.0. The Hall–Kier alpha value is -1.88. The Morgan fingerprint density at radius 3 is 1.81 bits per heavy atom. The third-order valence-corrected chi connectivity index (χ3v) is 6.03. The quantitative estimate of drug-likeness (QED) is 0.254. The van der Waals surface area contributed by atoms with Gasteiger partial charge in [-0.3, -0.25) is 9.59 Å². The number of nitrogens with zero attached hydrogens (tertiary/aromatic N) is 1. The van der Waals surface area contributed by atoms with E-state index in [2.05, 4.69) is 67.5 Å². The molecular weight excluding hydrogens is 402 g/mol. The molecule has 0 aliphatic rings. The second-order valence-electron chi connectivity index (χ2n) is 9.60. The summed E-state index contributed by atoms with van der Waals surface area (Å²) >= 11 is 0. The second-order valence-corrected chi connectivity index (χ2v) is 9.60. The molecule has 5 heteroatoms. The molecule has 0 bridgehead atoms. The molecule has 1 aromatic rings. The van der Waals surface area contributed by atoms with Crippen LogP contribution in [0, 0.1) is 0 Å². The second kappa shape index (κ2) is 13.0. The highest BCUT2D eigenvalue weighted by molar-refractivity contribution is 5.69. The van der Waals surface area contributed by atoms with Gasteiger partial charge in [0.25, 0.3) is 0 Å². The minimum Gasteiger partial charge on any atom is -0.466 e. The van der Waals surface area contributed by atoms with Crippen LogP contribution in [0.1, 0.15) is 135 Å². The molecule has 1 aromatic carbocycles. The van der Waals surface area contributed by atoms with Gasteiger partial charge in [-0.2, -0.15) is 0 Å². The molecule has 0 heterocycles. The maximum atomic E-state index is 12.1. The van der Waals surface area contributed by atoms with Gasteiger partial charge in [-0.15, -0.1) is 5.06 Å². The third kappa shape index (κ3) is 7.61. The maximum absolute atomic E-state index is 12.1. The number of hydrogen-bond acceptors (Lipinski definition) is 5. The Bertz CT molecular complexity index is 725. The minimum atomic E-state index is -0.345. The van der Waals surface area contributed by atoms with Crippen LogP contribution in [-0.4, -0.2) is 29.7 Å². The van der Waals surface area contributed by atoms with Gasteiger partial charge in [-0.1, -0.05) is 60.6 Å². The molecule has 0 amide bonds. The van der Waals surface area contributed by atoms with Crippen molar-refractivity contribution in [3.63, 3.8) is 0 Å². The summed E-state index contributed by atoms with van der Waals surface area (Å²) in [5, 5.41) is 1.82. The number of hydroxylamine groups is 2. The van der Waals surface area contributed by atoms with E-state index < -0.39 is 0 Å². The van der Waals surface area contributed by atoms with Crippen LogP contribution in [0.3, 0.4) is 0 Å². The molecule has 0 fully saturated rings. The van der Waals surface area contributed by atoms with Crippen molar-refractivity contribution < 1.29 is 19.2 Å². The van der Waals surface area contributed by atoms with Crippen LogP contribution in [0.4, 0.5) is 0 Å². The van der Waals surface area contributed by atoms with Crippen molar-refractivity contribution in [1.29, 1.82) is 0 Å². The summed E-state index contributed by atoms with van der Waals surface area (Å²) in [6.45, 7) is 21.1. The van der Waals surface area contributed by atoms with Crippen molar-refractivity contribution in [2.75, 3.05) is 6.61 Å². The zero-order valence-electron chi connectivity index (χ0n) is 22.0. The number of rotatable bonds is 12. The average molecular weight is 448 g/mol. The van der Waals surface area contributed by atoms with E-state index in [1.165, 1.54) is 29.2 Å². The van der Waals surface area contributed by atoms with Crippen molar-refractivity contribution in [2.45, 2.75) is 118 Å². The lowest BCUT2D eigenvalue weighted by atomic mass is 9.81. The van der Waals surface area contributed by atoms with E-state index in [4.69, 9.17) is 9.57 Å². The molecule has 0 N–H and O–H groups in total. The first-order chi connectivity index (χ1) is 14.9. The van der Waals surface area contributed by atoms with Crippen LogP contribution in [0.2, 0.25) is 0 Å². The SMILES string of the molecule is CCOC(=O)CC[C@@H](CC)N(OC(C)=O)[C@H](C)c1c(C(C)C)cc(C(C)C)cc1C(C)C. The molecule has 0 spiro atoms. The lowest BCUT2D eigenvalue weighted by Crippen LogP contribution is -2.39. The number of ether oxygens (including phenoxy) is 1. The van der Waals surface area contributed by atoms with Gasteiger partial charge in [0.2, 0.25) is 0 Å². The number of hydrogen-bond donors (Lipinski definition) is 0. The topological polar surface area (TPSA) is 55.8 Å². The van der Waals surface area contributed by atoms with E-state index >= 15 is 0 Å². The van der Waals surface area contributed by atoms with Gasteiger partial charge in [-0.25, -0.2) is 0 Å². The normalized spacial score (nSPS) is 13.7. The van der Waals surface area contributed by atoms with Gasteiger partial charge in [0.05, 0.1) is 12.6 Å². The molecule has 0 saturated carbocycles. The van der Waals surface area contributed by atoms with Crippen molar-refractivity contribution >= 4 is 11.9 Å². The summed E-state index contributed by atoms with van der Waals surface area (Å²) in [5.41, 5.74) is 5.16. The highest BCUT2D eigenvalue weighted by Crippen LogP contribution is 2.39. The monoisotopic (exact) mass is 447 g/mol. The molecule has 0 aliphatic heterocycles. The van der Waals surface area contributed by atoms with Crippen LogP contribution >= 0.6 is 0 Å². The molecule has 182 valence electrons. The fourth-order valence-corrected chi connectivity index (χ4v) is 4.27. The Balaban J connectivity index is 3.52. The summed E-state index contributed by atoms with van der Waals surface area (Å²) in [7, 11) is 0. The number of carbonyl (C=O) groups excluding carboxylic acids is 2. The van der Waals surface area contributed by atoms with E-state index in [1.54, 1.807) is 0 Å². The number of benzene rings is 1. The van der Waals surface area contributed by atoms with Gasteiger partial charge in [0.15, 0.2) is 0 Å². The molecular formula is C27H45NO4. The lowest BCUT2D eigenvalue weighted by molar-refractivity contribution is -0.215. The fourth-order valence-electron chi connectivity index (χ4n) is 4.27. The van der Waals surface area contributed by atoms with E-state index in [9.17, 15) is 9.59 Å². The first kappa shape index (κ1) is 28.2. The molecule has 0 aliphatic carbocycles. The molecule has 0 radical (unpaired) electrons. The molecule has 1 rings (SSSR count). The summed E-state index contributed by atoms with van der Waals surface area (Å²) < 4.78 is 5.11.